The second-order valence-corrected chi connectivity index (χ2v) is 10.1. The van der Waals surface area contributed by atoms with Crippen LogP contribution in [0, 0.1) is 0 Å². The lowest BCUT2D eigenvalue weighted by atomic mass is 9.96. The van der Waals surface area contributed by atoms with Gasteiger partial charge in [-0.3, -0.25) is 14.8 Å². The lowest BCUT2D eigenvalue weighted by Gasteiger charge is -2.35. The SMILES string of the molecule is COc1ccc2[nH]c3cnc(-c4cccnc4)cc3c2c1-c1ccc(C(=O)N(C)C2CCN(C)CC2)cc1. The summed E-state index contributed by atoms with van der Waals surface area (Å²) in [6, 6.07) is 18.2. The molecule has 6 rings (SSSR count). The normalized spacial score (nSPS) is 14.7. The molecule has 0 saturated carbocycles. The molecule has 7 heteroatoms. The van der Waals surface area contributed by atoms with E-state index in [9.17, 15) is 4.79 Å². The molecule has 1 aliphatic rings. The molecule has 0 aliphatic carbocycles. The van der Waals surface area contributed by atoms with Crippen LogP contribution in [0.5, 0.6) is 5.75 Å². The number of carbonyl (C=O) groups is 1. The van der Waals surface area contributed by atoms with Crippen molar-refractivity contribution in [3.05, 3.63) is 78.8 Å². The number of likely N-dealkylation sites (tertiary alicyclic amines) is 1. The zero-order valence-corrected chi connectivity index (χ0v) is 21.9. The lowest BCUT2D eigenvalue weighted by Crippen LogP contribution is -2.44. The van der Waals surface area contributed by atoms with E-state index in [2.05, 4.69) is 33.0 Å². The number of benzene rings is 2. The Kier molecular flexibility index (Phi) is 6.29. The van der Waals surface area contributed by atoms with E-state index < -0.39 is 0 Å². The number of nitrogens with zero attached hydrogens (tertiary/aromatic N) is 4. The maximum Gasteiger partial charge on any atom is 0.253 e. The minimum absolute atomic E-state index is 0.0653. The molecule has 0 bridgehead atoms. The zero-order chi connectivity index (χ0) is 26.2. The van der Waals surface area contributed by atoms with E-state index >= 15 is 0 Å². The number of pyridine rings is 2. The number of amides is 1. The fourth-order valence-corrected chi connectivity index (χ4v) is 5.53. The summed E-state index contributed by atoms with van der Waals surface area (Å²) in [6.07, 6.45) is 7.47. The Bertz CT molecular complexity index is 1600. The van der Waals surface area contributed by atoms with E-state index in [0.717, 1.165) is 75.9 Å². The molecule has 1 saturated heterocycles. The molecule has 0 atom stereocenters. The molecule has 4 heterocycles. The van der Waals surface area contributed by atoms with Crippen LogP contribution in [-0.4, -0.2) is 71.0 Å². The molecule has 1 amide bonds. The highest BCUT2D eigenvalue weighted by Crippen LogP contribution is 2.41. The number of hydrogen-bond acceptors (Lipinski definition) is 5. The molecule has 0 radical (unpaired) electrons. The number of aromatic nitrogens is 3. The van der Waals surface area contributed by atoms with Gasteiger partial charge in [-0.05, 0) is 81.0 Å². The first kappa shape index (κ1) is 24.1. The van der Waals surface area contributed by atoms with Gasteiger partial charge in [0.1, 0.15) is 5.75 Å². The predicted octanol–water partition coefficient (Wildman–Crippen LogP) is 5.62. The Labute approximate surface area is 222 Å². The number of piperidine rings is 1. The van der Waals surface area contributed by atoms with E-state index in [1.807, 2.05) is 72.9 Å². The van der Waals surface area contributed by atoms with Crippen molar-refractivity contribution in [3.8, 4) is 28.1 Å². The highest BCUT2D eigenvalue weighted by Gasteiger charge is 2.25. The summed E-state index contributed by atoms with van der Waals surface area (Å²) in [5, 5.41) is 2.12. The highest BCUT2D eigenvalue weighted by atomic mass is 16.5. The minimum Gasteiger partial charge on any atom is -0.496 e. The monoisotopic (exact) mass is 505 g/mol. The summed E-state index contributed by atoms with van der Waals surface area (Å²) >= 11 is 0. The molecule has 5 aromatic rings. The largest absolute Gasteiger partial charge is 0.496 e. The summed E-state index contributed by atoms with van der Waals surface area (Å²) in [7, 11) is 5.75. The van der Waals surface area contributed by atoms with E-state index in [4.69, 9.17) is 4.74 Å². The topological polar surface area (TPSA) is 74.3 Å². The van der Waals surface area contributed by atoms with Gasteiger partial charge >= 0.3 is 0 Å². The van der Waals surface area contributed by atoms with Gasteiger partial charge in [-0.2, -0.15) is 0 Å². The fourth-order valence-electron chi connectivity index (χ4n) is 5.53. The third-order valence-electron chi connectivity index (χ3n) is 7.76. The van der Waals surface area contributed by atoms with Crippen molar-refractivity contribution >= 4 is 27.7 Å². The smallest absolute Gasteiger partial charge is 0.253 e. The van der Waals surface area contributed by atoms with Gasteiger partial charge in [0.15, 0.2) is 0 Å². The third kappa shape index (κ3) is 4.29. The predicted molar refractivity (Wildman–Crippen MR) is 151 cm³/mol. The van der Waals surface area contributed by atoms with Crippen LogP contribution in [-0.2, 0) is 0 Å². The molecule has 192 valence electrons. The van der Waals surface area contributed by atoms with Crippen molar-refractivity contribution in [2.45, 2.75) is 18.9 Å². The van der Waals surface area contributed by atoms with Crippen LogP contribution in [0.15, 0.2) is 73.2 Å². The number of hydrogen-bond donors (Lipinski definition) is 1. The van der Waals surface area contributed by atoms with Gasteiger partial charge in [0, 0.05) is 58.5 Å². The summed E-state index contributed by atoms with van der Waals surface area (Å²) < 4.78 is 5.83. The third-order valence-corrected chi connectivity index (χ3v) is 7.76. The molecule has 0 spiro atoms. The zero-order valence-electron chi connectivity index (χ0n) is 21.9. The molecule has 1 N–H and O–H groups in total. The van der Waals surface area contributed by atoms with E-state index in [1.165, 1.54) is 0 Å². The quantitative estimate of drug-likeness (QED) is 0.336. The first-order valence-electron chi connectivity index (χ1n) is 13.0. The van der Waals surface area contributed by atoms with Crippen molar-refractivity contribution < 1.29 is 9.53 Å². The van der Waals surface area contributed by atoms with Crippen molar-refractivity contribution in [2.24, 2.45) is 0 Å². The number of nitrogens with one attached hydrogen (secondary N) is 1. The maximum absolute atomic E-state index is 13.3. The molecule has 7 nitrogen and oxygen atoms in total. The molecule has 1 fully saturated rings. The number of carbonyl (C=O) groups excluding carboxylic acids is 1. The van der Waals surface area contributed by atoms with Crippen molar-refractivity contribution in [3.63, 3.8) is 0 Å². The first-order chi connectivity index (χ1) is 18.5. The number of H-pyrrole nitrogens is 1. The van der Waals surface area contributed by atoms with Crippen LogP contribution in [0.1, 0.15) is 23.2 Å². The molecule has 0 unspecified atom stereocenters. The van der Waals surface area contributed by atoms with Gasteiger partial charge in [-0.25, -0.2) is 0 Å². The average molecular weight is 506 g/mol. The van der Waals surface area contributed by atoms with Gasteiger partial charge < -0.3 is 19.5 Å². The van der Waals surface area contributed by atoms with Gasteiger partial charge in [0.05, 0.1) is 24.5 Å². The van der Waals surface area contributed by atoms with Crippen molar-refractivity contribution in [1.29, 1.82) is 0 Å². The molecule has 3 aromatic heterocycles. The number of aromatic amines is 1. The van der Waals surface area contributed by atoms with E-state index in [0.29, 0.717) is 5.56 Å². The Balaban J connectivity index is 1.40. The molecular formula is C31H31N5O2. The molecule has 1 aliphatic heterocycles. The fraction of sp³-hybridized carbons (Fsp3) is 0.258. The van der Waals surface area contributed by atoms with Gasteiger partial charge in [-0.1, -0.05) is 12.1 Å². The highest BCUT2D eigenvalue weighted by molar-refractivity contribution is 6.16. The number of fused-ring (bicyclic) bond motifs is 3. The minimum atomic E-state index is 0.0653. The van der Waals surface area contributed by atoms with Gasteiger partial charge in [0.2, 0.25) is 0 Å². The van der Waals surface area contributed by atoms with Crippen LogP contribution < -0.4 is 4.74 Å². The second kappa shape index (κ2) is 9.91. The van der Waals surface area contributed by atoms with E-state index in [1.54, 1.807) is 13.3 Å². The Hall–Kier alpha value is -4.23. The number of methoxy groups -OCH3 is 1. The van der Waals surface area contributed by atoms with Gasteiger partial charge in [-0.15, -0.1) is 0 Å². The molecular weight excluding hydrogens is 474 g/mol. The van der Waals surface area contributed by atoms with Crippen LogP contribution >= 0.6 is 0 Å². The summed E-state index contributed by atoms with van der Waals surface area (Å²) in [4.78, 5) is 29.9. The van der Waals surface area contributed by atoms with E-state index in [-0.39, 0.29) is 11.9 Å². The first-order valence-corrected chi connectivity index (χ1v) is 13.0. The van der Waals surface area contributed by atoms with Crippen LogP contribution in [0.3, 0.4) is 0 Å². The Morgan fingerprint density at radius 1 is 1.03 bits per heavy atom. The average Bonchev–Trinajstić information content (AvgIpc) is 3.35. The lowest BCUT2D eigenvalue weighted by molar-refractivity contribution is 0.0659. The van der Waals surface area contributed by atoms with Crippen LogP contribution in [0.2, 0.25) is 0 Å². The summed E-state index contributed by atoms with van der Waals surface area (Å²) in [6.45, 7) is 2.04. The Morgan fingerprint density at radius 3 is 2.53 bits per heavy atom. The molecule has 2 aromatic carbocycles. The van der Waals surface area contributed by atoms with Crippen LogP contribution in [0.25, 0.3) is 44.2 Å². The summed E-state index contributed by atoms with van der Waals surface area (Å²) in [5.74, 6) is 0.844. The summed E-state index contributed by atoms with van der Waals surface area (Å²) in [5.41, 5.74) is 6.46. The second-order valence-electron chi connectivity index (χ2n) is 10.1. The van der Waals surface area contributed by atoms with Crippen molar-refractivity contribution in [1.82, 2.24) is 24.8 Å². The number of rotatable bonds is 5. The van der Waals surface area contributed by atoms with Crippen molar-refractivity contribution in [2.75, 3.05) is 34.3 Å². The van der Waals surface area contributed by atoms with Gasteiger partial charge in [0.25, 0.3) is 5.91 Å². The maximum atomic E-state index is 13.3. The Morgan fingerprint density at radius 2 is 1.82 bits per heavy atom. The molecule has 38 heavy (non-hydrogen) atoms. The standard InChI is InChI=1S/C31H31N5O2/c1-35-15-12-23(13-16-35)36(2)31(37)21-8-6-20(7-9-21)29-28(38-3)11-10-25-30(29)24-17-26(33-19-27(24)34-25)22-5-4-14-32-18-22/h4-11,14,17-19,23,34H,12-13,15-16H2,1-3H3. The number of ether oxygens (including phenoxy) is 1. The van der Waals surface area contributed by atoms with Crippen LogP contribution in [0.4, 0.5) is 0 Å².